The average molecular weight is 170 g/mol. The van der Waals surface area contributed by atoms with Crippen LogP contribution in [0.25, 0.3) is 0 Å². The molecule has 0 aliphatic rings. The minimum absolute atomic E-state index is 0.300. The topological polar surface area (TPSA) is 64.2 Å². The highest BCUT2D eigenvalue weighted by Crippen LogP contribution is 2.07. The number of H-pyrrole nitrogens is 1. The zero-order chi connectivity index (χ0) is 8.97. The van der Waals surface area contributed by atoms with Crippen molar-refractivity contribution in [1.82, 2.24) is 10.2 Å². The van der Waals surface area contributed by atoms with Crippen LogP contribution in [0.1, 0.15) is 17.4 Å². The van der Waals surface area contributed by atoms with Crippen molar-refractivity contribution in [2.24, 2.45) is 0 Å². The highest BCUT2D eigenvalue weighted by Gasteiger charge is 2.09. The molecule has 0 aliphatic heterocycles. The molecule has 0 aliphatic carbocycles. The van der Waals surface area contributed by atoms with Gasteiger partial charge in [0.05, 0.1) is 13.7 Å². The molecule has 0 radical (unpaired) electrons. The number of esters is 1. The molecule has 12 heavy (non-hydrogen) atoms. The first-order chi connectivity index (χ1) is 5.77. The zero-order valence-corrected chi connectivity index (χ0v) is 6.96. The quantitative estimate of drug-likeness (QED) is 0.674. The Kier molecular flexibility index (Phi) is 2.68. The molecule has 0 spiro atoms. The second-order valence-electron chi connectivity index (χ2n) is 2.04. The van der Waals surface area contributed by atoms with E-state index in [1.807, 2.05) is 0 Å². The van der Waals surface area contributed by atoms with Gasteiger partial charge in [0.1, 0.15) is 5.69 Å². The number of carbonyl (C=O) groups is 1. The Labute approximate surface area is 69.7 Å². The summed E-state index contributed by atoms with van der Waals surface area (Å²) in [6.07, 6.45) is 0. The Morgan fingerprint density at radius 1 is 1.75 bits per heavy atom. The number of aromatic nitrogens is 2. The molecule has 0 aromatic carbocycles. The fraction of sp³-hybridized carbons (Fsp3) is 0.429. The number of rotatable bonds is 3. The van der Waals surface area contributed by atoms with Gasteiger partial charge in [0.15, 0.2) is 0 Å². The summed E-state index contributed by atoms with van der Waals surface area (Å²) in [5, 5.41) is 6.18. The van der Waals surface area contributed by atoms with Crippen LogP contribution in [0.15, 0.2) is 6.07 Å². The molecular formula is C7H10N2O3. The Bertz CT molecular complexity index is 269. The Hall–Kier alpha value is -1.52. The normalized spacial score (nSPS) is 9.50. The first-order valence-corrected chi connectivity index (χ1v) is 3.54. The van der Waals surface area contributed by atoms with Gasteiger partial charge < -0.3 is 9.47 Å². The lowest BCUT2D eigenvalue weighted by Crippen LogP contribution is -2.04. The number of carbonyl (C=O) groups excluding carboxylic acids is 1. The largest absolute Gasteiger partial charge is 0.480 e. The average Bonchev–Trinajstić information content (AvgIpc) is 2.52. The van der Waals surface area contributed by atoms with E-state index in [9.17, 15) is 4.79 Å². The van der Waals surface area contributed by atoms with E-state index >= 15 is 0 Å². The summed E-state index contributed by atoms with van der Waals surface area (Å²) in [7, 11) is 1.48. The van der Waals surface area contributed by atoms with E-state index in [0.717, 1.165) is 0 Å². The molecule has 0 fully saturated rings. The highest BCUT2D eigenvalue weighted by atomic mass is 16.5. The molecule has 5 heteroatoms. The molecule has 0 bridgehead atoms. The maximum Gasteiger partial charge on any atom is 0.356 e. The van der Waals surface area contributed by atoms with Gasteiger partial charge in [-0.25, -0.2) is 4.79 Å². The number of ether oxygens (including phenoxy) is 2. The Balaban J connectivity index is 2.68. The number of hydrogen-bond acceptors (Lipinski definition) is 4. The molecule has 0 amide bonds. The fourth-order valence-corrected chi connectivity index (χ4v) is 0.721. The van der Waals surface area contributed by atoms with Crippen molar-refractivity contribution < 1.29 is 14.3 Å². The van der Waals surface area contributed by atoms with Crippen LogP contribution in [-0.4, -0.2) is 29.9 Å². The maximum atomic E-state index is 11.0. The van der Waals surface area contributed by atoms with Gasteiger partial charge in [-0.15, -0.1) is 5.10 Å². The maximum absolute atomic E-state index is 11.0. The molecule has 0 atom stereocenters. The second kappa shape index (κ2) is 3.75. The number of hydrogen-bond donors (Lipinski definition) is 1. The first kappa shape index (κ1) is 8.58. The summed E-state index contributed by atoms with van der Waals surface area (Å²) < 4.78 is 9.49. The molecule has 0 saturated heterocycles. The van der Waals surface area contributed by atoms with Gasteiger partial charge >= 0.3 is 5.97 Å². The Morgan fingerprint density at radius 3 is 3.00 bits per heavy atom. The van der Waals surface area contributed by atoms with Gasteiger partial charge in [-0.3, -0.25) is 5.10 Å². The molecule has 1 heterocycles. The van der Waals surface area contributed by atoms with E-state index in [1.165, 1.54) is 13.2 Å². The van der Waals surface area contributed by atoms with Gasteiger partial charge in [-0.2, -0.15) is 0 Å². The van der Waals surface area contributed by atoms with Crippen molar-refractivity contribution in [1.29, 1.82) is 0 Å². The smallest absolute Gasteiger partial charge is 0.356 e. The molecule has 1 aromatic heterocycles. The first-order valence-electron chi connectivity index (χ1n) is 3.54. The van der Waals surface area contributed by atoms with E-state index < -0.39 is 5.97 Å². The van der Waals surface area contributed by atoms with E-state index in [4.69, 9.17) is 9.47 Å². The summed E-state index contributed by atoms with van der Waals surface area (Å²) in [6.45, 7) is 2.09. The van der Waals surface area contributed by atoms with Crippen LogP contribution in [0.2, 0.25) is 0 Å². The van der Waals surface area contributed by atoms with Crippen LogP contribution < -0.4 is 4.74 Å². The van der Waals surface area contributed by atoms with Crippen molar-refractivity contribution in [2.45, 2.75) is 6.92 Å². The van der Waals surface area contributed by atoms with Crippen molar-refractivity contribution in [3.8, 4) is 5.88 Å². The van der Waals surface area contributed by atoms with Crippen LogP contribution in [-0.2, 0) is 4.74 Å². The predicted octanol–water partition coefficient (Wildman–Crippen LogP) is 0.595. The minimum atomic E-state index is -0.423. The molecule has 5 nitrogen and oxygen atoms in total. The molecular weight excluding hydrogens is 160 g/mol. The predicted molar refractivity (Wildman–Crippen MR) is 41.1 cm³/mol. The molecule has 0 unspecified atom stereocenters. The summed E-state index contributed by atoms with van der Waals surface area (Å²) in [5.41, 5.74) is 0.300. The van der Waals surface area contributed by atoms with Crippen LogP contribution in [0.5, 0.6) is 5.88 Å². The van der Waals surface area contributed by atoms with E-state index in [0.29, 0.717) is 18.2 Å². The summed E-state index contributed by atoms with van der Waals surface area (Å²) in [4.78, 5) is 11.0. The van der Waals surface area contributed by atoms with E-state index in [2.05, 4.69) is 10.2 Å². The SMILES string of the molecule is CCOC(=O)c1cc(OC)n[nH]1. The third kappa shape index (κ3) is 1.75. The van der Waals surface area contributed by atoms with E-state index in [1.54, 1.807) is 6.92 Å². The molecule has 1 N–H and O–H groups in total. The van der Waals surface area contributed by atoms with Gasteiger partial charge in [0.2, 0.25) is 5.88 Å². The zero-order valence-electron chi connectivity index (χ0n) is 6.96. The van der Waals surface area contributed by atoms with Crippen molar-refractivity contribution in [2.75, 3.05) is 13.7 Å². The lowest BCUT2D eigenvalue weighted by atomic mass is 10.4. The van der Waals surface area contributed by atoms with Crippen LogP contribution >= 0.6 is 0 Å². The number of aromatic amines is 1. The summed E-state index contributed by atoms with van der Waals surface area (Å²) >= 11 is 0. The van der Waals surface area contributed by atoms with E-state index in [-0.39, 0.29) is 0 Å². The monoisotopic (exact) mass is 170 g/mol. The van der Waals surface area contributed by atoms with Gasteiger partial charge in [-0.05, 0) is 6.92 Å². The van der Waals surface area contributed by atoms with Crippen LogP contribution in [0.3, 0.4) is 0 Å². The summed E-state index contributed by atoms with van der Waals surface area (Å²) in [6, 6.07) is 1.48. The highest BCUT2D eigenvalue weighted by molar-refractivity contribution is 5.87. The van der Waals surface area contributed by atoms with Gasteiger partial charge in [-0.1, -0.05) is 0 Å². The third-order valence-corrected chi connectivity index (χ3v) is 1.26. The molecule has 1 aromatic rings. The third-order valence-electron chi connectivity index (χ3n) is 1.26. The van der Waals surface area contributed by atoms with Gasteiger partial charge in [0.25, 0.3) is 0 Å². The minimum Gasteiger partial charge on any atom is -0.480 e. The lowest BCUT2D eigenvalue weighted by Gasteiger charge is -1.95. The number of nitrogens with zero attached hydrogens (tertiary/aromatic N) is 1. The number of nitrogens with one attached hydrogen (secondary N) is 1. The molecule has 1 rings (SSSR count). The van der Waals surface area contributed by atoms with Gasteiger partial charge in [0, 0.05) is 6.07 Å². The number of methoxy groups -OCH3 is 1. The summed E-state index contributed by atoms with van der Waals surface area (Å²) in [5.74, 6) is -0.0497. The lowest BCUT2D eigenvalue weighted by molar-refractivity contribution is 0.0519. The second-order valence-corrected chi connectivity index (χ2v) is 2.04. The standard InChI is InChI=1S/C7H10N2O3/c1-3-12-7(10)5-4-6(11-2)9-8-5/h4H,3H2,1-2H3,(H,8,9). The molecule has 0 saturated carbocycles. The fourth-order valence-electron chi connectivity index (χ4n) is 0.721. The van der Waals surface area contributed by atoms with Crippen LogP contribution in [0, 0.1) is 0 Å². The van der Waals surface area contributed by atoms with Crippen molar-refractivity contribution >= 4 is 5.97 Å². The van der Waals surface area contributed by atoms with Crippen molar-refractivity contribution in [3.05, 3.63) is 11.8 Å². The molecule has 66 valence electrons. The van der Waals surface area contributed by atoms with Crippen LogP contribution in [0.4, 0.5) is 0 Å². The Morgan fingerprint density at radius 2 is 2.50 bits per heavy atom. The van der Waals surface area contributed by atoms with Crippen molar-refractivity contribution in [3.63, 3.8) is 0 Å².